The first-order valence-electron chi connectivity index (χ1n) is 14.4. The molecule has 2 aliphatic rings. The molecule has 0 spiro atoms. The topological polar surface area (TPSA) is 117 Å². The van der Waals surface area contributed by atoms with Crippen molar-refractivity contribution in [3.8, 4) is 0 Å². The Labute approximate surface area is 237 Å². The lowest BCUT2D eigenvalue weighted by Crippen LogP contribution is -2.54. The third-order valence-electron chi connectivity index (χ3n) is 8.04. The summed E-state index contributed by atoms with van der Waals surface area (Å²) in [5.74, 6) is -0.621. The fraction of sp³-hybridized carbons (Fsp3) is 0.516. The monoisotopic (exact) mass is 549 g/mol. The highest BCUT2D eigenvalue weighted by molar-refractivity contribution is 5.98. The summed E-state index contributed by atoms with van der Waals surface area (Å²) in [6.45, 7) is 5.89. The summed E-state index contributed by atoms with van der Waals surface area (Å²) in [4.78, 5) is 42.4. The van der Waals surface area contributed by atoms with E-state index in [0.29, 0.717) is 24.7 Å². The first-order valence-corrected chi connectivity index (χ1v) is 14.4. The molecule has 9 heteroatoms. The van der Waals surface area contributed by atoms with E-state index in [1.165, 1.54) is 43.9 Å². The van der Waals surface area contributed by atoms with Crippen LogP contribution in [0.3, 0.4) is 0 Å². The molecule has 2 atom stereocenters. The lowest BCUT2D eigenvalue weighted by molar-refractivity contribution is -0.139. The van der Waals surface area contributed by atoms with E-state index in [0.717, 1.165) is 25.2 Å². The van der Waals surface area contributed by atoms with Crippen molar-refractivity contribution in [1.29, 1.82) is 0 Å². The number of carbonyl (C=O) groups excluding carboxylic acids is 3. The largest absolute Gasteiger partial charge is 0.453 e. The van der Waals surface area contributed by atoms with Gasteiger partial charge >= 0.3 is 6.09 Å². The number of nitrogens with two attached hydrogens (primary N) is 1. The van der Waals surface area contributed by atoms with Gasteiger partial charge in [0, 0.05) is 37.1 Å². The van der Waals surface area contributed by atoms with Gasteiger partial charge in [0.05, 0.1) is 7.11 Å². The van der Waals surface area contributed by atoms with E-state index in [1.54, 1.807) is 4.90 Å². The molecular formula is C31H43N5O4. The molecule has 4 N–H and O–H groups in total. The van der Waals surface area contributed by atoms with Crippen LogP contribution in [0.4, 0.5) is 16.2 Å². The van der Waals surface area contributed by atoms with Gasteiger partial charge in [-0.15, -0.1) is 0 Å². The molecule has 1 aliphatic heterocycles. The lowest BCUT2D eigenvalue weighted by Gasteiger charge is -2.30. The van der Waals surface area contributed by atoms with E-state index in [2.05, 4.69) is 44.5 Å². The molecule has 0 unspecified atom stereocenters. The molecule has 2 aromatic carbocycles. The number of methoxy groups -OCH3 is 1. The summed E-state index contributed by atoms with van der Waals surface area (Å²) in [5, 5.41) is 5.62. The van der Waals surface area contributed by atoms with Gasteiger partial charge in [0.2, 0.25) is 11.8 Å². The molecule has 0 radical (unpaired) electrons. The number of benzene rings is 2. The van der Waals surface area contributed by atoms with Gasteiger partial charge in [-0.25, -0.2) is 4.79 Å². The van der Waals surface area contributed by atoms with E-state index in [4.69, 9.17) is 5.73 Å². The van der Waals surface area contributed by atoms with Gasteiger partial charge in [-0.1, -0.05) is 51.0 Å². The molecule has 2 fully saturated rings. The Kier molecular flexibility index (Phi) is 10.0. The Bertz CT molecular complexity index is 1150. The number of alkyl carbamates (subject to hydrolysis) is 1. The van der Waals surface area contributed by atoms with Crippen LogP contribution in [-0.4, -0.2) is 59.5 Å². The summed E-state index contributed by atoms with van der Waals surface area (Å²) in [6.07, 6.45) is 5.62. The first kappa shape index (κ1) is 29.4. The minimum atomic E-state index is -0.754. The molecular weight excluding hydrogens is 506 g/mol. The minimum Gasteiger partial charge on any atom is -0.453 e. The maximum atomic E-state index is 13.3. The maximum Gasteiger partial charge on any atom is 0.407 e. The second-order valence-electron chi connectivity index (χ2n) is 11.3. The van der Waals surface area contributed by atoms with Gasteiger partial charge in [0.15, 0.2) is 0 Å². The van der Waals surface area contributed by atoms with Crippen molar-refractivity contribution in [1.82, 2.24) is 15.1 Å². The van der Waals surface area contributed by atoms with Gasteiger partial charge < -0.3 is 26.0 Å². The van der Waals surface area contributed by atoms with E-state index < -0.39 is 18.2 Å². The second kappa shape index (κ2) is 13.7. The molecule has 0 aromatic heterocycles. The van der Waals surface area contributed by atoms with Crippen LogP contribution in [0.2, 0.25) is 0 Å². The van der Waals surface area contributed by atoms with E-state index in [9.17, 15) is 14.4 Å². The number of rotatable bonds is 10. The highest BCUT2D eigenvalue weighted by Gasteiger charge is 2.38. The van der Waals surface area contributed by atoms with Crippen LogP contribution in [0.25, 0.3) is 0 Å². The number of nitrogens with zero attached hydrogens (tertiary/aromatic N) is 2. The molecule has 4 rings (SSSR count). The fourth-order valence-electron chi connectivity index (χ4n) is 5.78. The summed E-state index contributed by atoms with van der Waals surface area (Å²) in [5.41, 5.74) is 9.79. The van der Waals surface area contributed by atoms with Crippen molar-refractivity contribution in [3.05, 3.63) is 59.7 Å². The maximum absolute atomic E-state index is 13.3. The summed E-state index contributed by atoms with van der Waals surface area (Å²) >= 11 is 0. The lowest BCUT2D eigenvalue weighted by atomic mass is 10.0. The predicted molar refractivity (Wildman–Crippen MR) is 156 cm³/mol. The van der Waals surface area contributed by atoms with Crippen molar-refractivity contribution in [3.63, 3.8) is 0 Å². The third-order valence-corrected chi connectivity index (χ3v) is 8.04. The molecule has 40 heavy (non-hydrogen) atoms. The standard InChI is InChI=1S/C31H43N5O4/c1-21(2)28(34-31(39)40-3)30(38)36-18-6-9-27(36)29(37)33-25-16-12-23(13-17-25)20-35(26-7-4-5-8-26)19-22-10-14-24(32)15-11-22/h10-17,21,26-28H,4-9,18-20,32H2,1-3H3,(H,33,37)(H,34,39)/t27-,28-/m0/s1. The van der Waals surface area contributed by atoms with Crippen LogP contribution in [-0.2, 0) is 27.4 Å². The average Bonchev–Trinajstić information content (AvgIpc) is 3.66. The van der Waals surface area contributed by atoms with Crippen LogP contribution >= 0.6 is 0 Å². The quantitative estimate of drug-likeness (QED) is 0.375. The van der Waals surface area contributed by atoms with Crippen LogP contribution in [0, 0.1) is 5.92 Å². The molecule has 1 heterocycles. The molecule has 1 saturated heterocycles. The number of hydrogen-bond donors (Lipinski definition) is 3. The smallest absolute Gasteiger partial charge is 0.407 e. The van der Waals surface area contributed by atoms with Gasteiger partial charge in [0.1, 0.15) is 12.1 Å². The van der Waals surface area contributed by atoms with Gasteiger partial charge in [0.25, 0.3) is 0 Å². The Hall–Kier alpha value is -3.59. The Morgan fingerprint density at radius 1 is 0.950 bits per heavy atom. The Morgan fingerprint density at radius 2 is 1.55 bits per heavy atom. The van der Waals surface area contributed by atoms with Crippen molar-refractivity contribution in [2.75, 3.05) is 24.7 Å². The van der Waals surface area contributed by atoms with Crippen molar-refractivity contribution in [2.45, 2.75) is 83.6 Å². The Balaban J connectivity index is 1.38. The summed E-state index contributed by atoms with van der Waals surface area (Å²) < 4.78 is 4.69. The number of anilines is 2. The molecule has 216 valence electrons. The fourth-order valence-corrected chi connectivity index (χ4v) is 5.78. The SMILES string of the molecule is COC(=O)N[C@H](C(=O)N1CCC[C@H]1C(=O)Nc1ccc(CN(Cc2ccc(N)cc2)C2CCCC2)cc1)C(C)C. The molecule has 1 aliphatic carbocycles. The third kappa shape index (κ3) is 7.53. The zero-order valence-electron chi connectivity index (χ0n) is 23.9. The van der Waals surface area contributed by atoms with Crippen LogP contribution in [0.5, 0.6) is 0 Å². The zero-order chi connectivity index (χ0) is 28.6. The predicted octanol–water partition coefficient (Wildman–Crippen LogP) is 4.52. The van der Waals surface area contributed by atoms with Gasteiger partial charge in [-0.05, 0) is 67.0 Å². The molecule has 0 bridgehead atoms. The van der Waals surface area contributed by atoms with Crippen molar-refractivity contribution >= 4 is 29.3 Å². The Morgan fingerprint density at radius 3 is 2.12 bits per heavy atom. The minimum absolute atomic E-state index is 0.146. The second-order valence-corrected chi connectivity index (χ2v) is 11.3. The number of amides is 3. The summed E-state index contributed by atoms with van der Waals surface area (Å²) in [7, 11) is 1.26. The number of carbonyl (C=O) groups is 3. The van der Waals surface area contributed by atoms with Crippen LogP contribution in [0.15, 0.2) is 48.5 Å². The number of ether oxygens (including phenoxy) is 1. The number of nitrogen functional groups attached to an aromatic ring is 1. The molecule has 2 aromatic rings. The van der Waals surface area contributed by atoms with E-state index in [1.807, 2.05) is 38.1 Å². The molecule has 1 saturated carbocycles. The number of nitrogens with one attached hydrogen (secondary N) is 2. The highest BCUT2D eigenvalue weighted by Crippen LogP contribution is 2.27. The van der Waals surface area contributed by atoms with Crippen molar-refractivity contribution in [2.24, 2.45) is 5.92 Å². The average molecular weight is 550 g/mol. The normalized spacial score (nSPS) is 18.2. The van der Waals surface area contributed by atoms with Gasteiger partial charge in [-0.2, -0.15) is 0 Å². The van der Waals surface area contributed by atoms with Crippen LogP contribution < -0.4 is 16.4 Å². The molecule has 3 amide bonds. The zero-order valence-corrected chi connectivity index (χ0v) is 23.9. The number of likely N-dealkylation sites (tertiary alicyclic amines) is 1. The van der Waals surface area contributed by atoms with E-state index in [-0.39, 0.29) is 17.7 Å². The summed E-state index contributed by atoms with van der Waals surface area (Å²) in [6, 6.07) is 15.3. The van der Waals surface area contributed by atoms with Gasteiger partial charge in [-0.3, -0.25) is 14.5 Å². The molecule has 9 nitrogen and oxygen atoms in total. The number of hydrogen-bond acceptors (Lipinski definition) is 6. The van der Waals surface area contributed by atoms with Crippen LogP contribution in [0.1, 0.15) is 63.5 Å². The first-order chi connectivity index (χ1) is 19.2. The van der Waals surface area contributed by atoms with E-state index >= 15 is 0 Å². The van der Waals surface area contributed by atoms with Crippen molar-refractivity contribution < 1.29 is 19.1 Å². The highest BCUT2D eigenvalue weighted by atomic mass is 16.5.